The maximum absolute atomic E-state index is 14.4. The van der Waals surface area contributed by atoms with E-state index in [2.05, 4.69) is 0 Å². The predicted molar refractivity (Wildman–Crippen MR) is 117 cm³/mol. The largest absolute Gasteiger partial charge is 0.480 e. The molecule has 0 saturated carbocycles. The summed E-state index contributed by atoms with van der Waals surface area (Å²) in [5.41, 5.74) is -0.437. The van der Waals surface area contributed by atoms with Gasteiger partial charge >= 0.3 is 5.97 Å². The number of carboxylic acids is 1. The molecule has 6 nitrogen and oxygen atoms in total. The summed E-state index contributed by atoms with van der Waals surface area (Å²) in [5.74, 6) is -14.0. The summed E-state index contributed by atoms with van der Waals surface area (Å²) in [6, 6.07) is 15.1. The van der Waals surface area contributed by atoms with Gasteiger partial charge in [0.1, 0.15) is 5.69 Å². The molecule has 0 unspecified atom stereocenters. The van der Waals surface area contributed by atoms with Crippen molar-refractivity contribution < 1.29 is 40.3 Å². The lowest BCUT2D eigenvalue weighted by Crippen LogP contribution is -2.49. The van der Waals surface area contributed by atoms with Crippen molar-refractivity contribution in [2.75, 3.05) is 10.8 Å². The second kappa shape index (κ2) is 11.3. The molecule has 0 aliphatic heterocycles. The molecule has 3 rings (SSSR count). The molecule has 3 aromatic carbocycles. The van der Waals surface area contributed by atoms with E-state index in [9.17, 15) is 40.3 Å². The normalized spacial score (nSPS) is 12.2. The molecule has 0 fully saturated rings. The van der Waals surface area contributed by atoms with Crippen LogP contribution in [0.15, 0.2) is 60.7 Å². The molecule has 0 aliphatic rings. The number of benzene rings is 3. The molecule has 0 radical (unpaired) electrons. The Kier molecular flexibility index (Phi) is 8.41. The first-order valence-corrected chi connectivity index (χ1v) is 11.2. The molecule has 35 heavy (non-hydrogen) atoms. The molecule has 0 bridgehead atoms. The number of hydrogen-bond acceptors (Lipinski definition) is 4. The highest BCUT2D eigenvalue weighted by Gasteiger charge is 2.37. The van der Waals surface area contributed by atoms with E-state index in [1.165, 1.54) is 4.90 Å². The van der Waals surface area contributed by atoms with Crippen LogP contribution in [0.3, 0.4) is 0 Å². The zero-order chi connectivity index (χ0) is 25.7. The molecular weight excluding hydrogens is 495 g/mol. The lowest BCUT2D eigenvalue weighted by molar-refractivity contribution is -0.138. The number of nitrogens with zero attached hydrogens (tertiary/aromatic N) is 2. The second-order valence-corrected chi connectivity index (χ2v) is 8.40. The van der Waals surface area contributed by atoms with Crippen LogP contribution in [0.2, 0.25) is 0 Å². The highest BCUT2D eigenvalue weighted by atomic mass is 32.2. The molecule has 3 aromatic rings. The summed E-state index contributed by atoms with van der Waals surface area (Å²) in [4.78, 5) is 13.6. The Balaban J connectivity index is 2.06. The van der Waals surface area contributed by atoms with Crippen molar-refractivity contribution in [2.45, 2.75) is 19.1 Å². The van der Waals surface area contributed by atoms with Gasteiger partial charge in [-0.15, -0.1) is 0 Å². The van der Waals surface area contributed by atoms with E-state index < -0.39 is 64.2 Å². The average molecular weight is 514 g/mol. The standard InChI is InChI=1S/C23H19F5N2O4S/c24-17-18(25)20(27)22(21(28)19(17)26)30(35(33)34)16(23(31)32)13-29(11-14-7-3-1-4-8-14)12-15-9-5-2-6-10-15/h1-10,16,35H,11-13H2,(H,31,32)/t16-/m0/s1. The number of thiol groups is 1. The van der Waals surface area contributed by atoms with Crippen LogP contribution in [0.4, 0.5) is 27.6 Å². The van der Waals surface area contributed by atoms with Crippen LogP contribution < -0.4 is 4.31 Å². The van der Waals surface area contributed by atoms with E-state index in [4.69, 9.17) is 0 Å². The Morgan fingerprint density at radius 1 is 0.743 bits per heavy atom. The van der Waals surface area contributed by atoms with Crippen LogP contribution in [-0.4, -0.2) is 37.0 Å². The van der Waals surface area contributed by atoms with Crippen LogP contribution in [0.5, 0.6) is 0 Å². The summed E-state index contributed by atoms with van der Waals surface area (Å²) in [5, 5.41) is 9.77. The van der Waals surface area contributed by atoms with Crippen molar-refractivity contribution in [1.82, 2.24) is 4.90 Å². The molecule has 0 aromatic heterocycles. The minimum absolute atomic E-state index is 0.0973. The first-order chi connectivity index (χ1) is 16.6. The van der Waals surface area contributed by atoms with Crippen molar-refractivity contribution in [2.24, 2.45) is 0 Å². The van der Waals surface area contributed by atoms with Crippen molar-refractivity contribution >= 4 is 22.5 Å². The Bertz CT molecular complexity index is 1200. The molecule has 0 heterocycles. The summed E-state index contributed by atoms with van der Waals surface area (Å²) < 4.78 is 93.6. The summed E-state index contributed by atoms with van der Waals surface area (Å²) in [7, 11) is -4.14. The predicted octanol–water partition coefficient (Wildman–Crippen LogP) is 3.87. The Morgan fingerprint density at radius 3 is 1.51 bits per heavy atom. The van der Waals surface area contributed by atoms with Gasteiger partial charge in [-0.3, -0.25) is 9.21 Å². The fourth-order valence-corrected chi connectivity index (χ4v) is 4.26. The zero-order valence-electron chi connectivity index (χ0n) is 17.9. The third kappa shape index (κ3) is 5.95. The molecular formula is C23H19F5N2O4S. The van der Waals surface area contributed by atoms with Gasteiger partial charge in [0.25, 0.3) is 0 Å². The van der Waals surface area contributed by atoms with Crippen LogP contribution in [0.25, 0.3) is 0 Å². The number of rotatable bonds is 10. The minimum atomic E-state index is -4.14. The third-order valence-corrected chi connectivity index (χ3v) is 5.93. The molecule has 186 valence electrons. The maximum atomic E-state index is 14.4. The fraction of sp³-hybridized carbons (Fsp3) is 0.174. The zero-order valence-corrected chi connectivity index (χ0v) is 18.8. The Morgan fingerprint density at radius 2 is 1.14 bits per heavy atom. The topological polar surface area (TPSA) is 77.9 Å². The SMILES string of the molecule is O=C(O)[C@H](CN(Cc1ccccc1)Cc1ccccc1)N(c1c(F)c(F)c(F)c(F)c1F)[SH](=O)=O. The Labute approximate surface area is 198 Å². The fourth-order valence-electron chi connectivity index (χ4n) is 3.52. The monoisotopic (exact) mass is 514 g/mol. The van der Waals surface area contributed by atoms with E-state index in [1.807, 2.05) is 0 Å². The van der Waals surface area contributed by atoms with Gasteiger partial charge in [0, 0.05) is 19.6 Å². The van der Waals surface area contributed by atoms with Crippen molar-refractivity contribution in [3.8, 4) is 0 Å². The number of carboxylic acid groups (broad SMARTS) is 1. The van der Waals surface area contributed by atoms with Gasteiger partial charge in [-0.05, 0) is 11.1 Å². The minimum Gasteiger partial charge on any atom is -0.480 e. The van der Waals surface area contributed by atoms with Crippen LogP contribution in [-0.2, 0) is 28.8 Å². The molecule has 1 N–H and O–H groups in total. The van der Waals surface area contributed by atoms with Crippen LogP contribution in [0, 0.1) is 29.1 Å². The lowest BCUT2D eigenvalue weighted by atomic mass is 10.1. The quantitative estimate of drug-likeness (QED) is 0.186. The van der Waals surface area contributed by atoms with Gasteiger partial charge in [-0.1, -0.05) is 60.7 Å². The van der Waals surface area contributed by atoms with Crippen LogP contribution >= 0.6 is 0 Å². The third-order valence-electron chi connectivity index (χ3n) is 5.10. The number of carbonyl (C=O) groups is 1. The smallest absolute Gasteiger partial charge is 0.328 e. The van der Waals surface area contributed by atoms with Crippen molar-refractivity contribution in [3.63, 3.8) is 0 Å². The molecule has 0 amide bonds. The highest BCUT2D eigenvalue weighted by Crippen LogP contribution is 2.32. The van der Waals surface area contributed by atoms with E-state index in [-0.39, 0.29) is 17.4 Å². The van der Waals surface area contributed by atoms with Gasteiger partial charge in [0.15, 0.2) is 29.3 Å². The van der Waals surface area contributed by atoms with E-state index in [0.717, 1.165) is 0 Å². The van der Waals surface area contributed by atoms with Gasteiger partial charge in [0.05, 0.1) is 0 Å². The number of hydrogen-bond donors (Lipinski definition) is 2. The molecule has 1 atom stereocenters. The molecule has 12 heteroatoms. The molecule has 0 saturated heterocycles. The number of aliphatic carboxylic acids is 1. The van der Waals surface area contributed by atoms with Crippen molar-refractivity contribution in [3.05, 3.63) is 101 Å². The Hall–Kier alpha value is -3.51. The first kappa shape index (κ1) is 26.1. The van der Waals surface area contributed by atoms with Crippen molar-refractivity contribution in [1.29, 1.82) is 0 Å². The number of halogens is 5. The first-order valence-electron chi connectivity index (χ1n) is 10.1. The van der Waals surface area contributed by atoms with Gasteiger partial charge in [-0.25, -0.2) is 35.2 Å². The highest BCUT2D eigenvalue weighted by molar-refractivity contribution is 7.74. The summed E-state index contributed by atoms with van der Waals surface area (Å²) >= 11 is 0. The summed E-state index contributed by atoms with van der Waals surface area (Å²) in [6.07, 6.45) is 0. The second-order valence-electron chi connectivity index (χ2n) is 7.50. The molecule has 0 spiro atoms. The van der Waals surface area contributed by atoms with Gasteiger partial charge < -0.3 is 5.11 Å². The van der Waals surface area contributed by atoms with E-state index >= 15 is 0 Å². The molecule has 0 aliphatic carbocycles. The summed E-state index contributed by atoms with van der Waals surface area (Å²) in [6.45, 7) is -0.442. The number of anilines is 1. The van der Waals surface area contributed by atoms with Gasteiger partial charge in [0.2, 0.25) is 16.7 Å². The van der Waals surface area contributed by atoms with E-state index in [0.29, 0.717) is 11.1 Å². The van der Waals surface area contributed by atoms with Gasteiger partial charge in [-0.2, -0.15) is 0 Å². The van der Waals surface area contributed by atoms with E-state index in [1.54, 1.807) is 60.7 Å². The average Bonchev–Trinajstić information content (AvgIpc) is 2.84. The van der Waals surface area contributed by atoms with Crippen LogP contribution in [0.1, 0.15) is 11.1 Å². The lowest BCUT2D eigenvalue weighted by Gasteiger charge is -2.31. The maximum Gasteiger partial charge on any atom is 0.328 e.